The quantitative estimate of drug-likeness (QED) is 0.440. The molecule has 37 heavy (non-hydrogen) atoms. The molecule has 8 heteroatoms. The summed E-state index contributed by atoms with van der Waals surface area (Å²) in [5, 5.41) is 2.71. The van der Waals surface area contributed by atoms with E-state index in [1.165, 1.54) is 4.31 Å². The second-order valence-corrected chi connectivity index (χ2v) is 11.1. The third kappa shape index (κ3) is 6.45. The molecular weight excluding hydrogens is 486 g/mol. The lowest BCUT2D eigenvalue weighted by molar-refractivity contribution is -0.141. The molecule has 1 aliphatic heterocycles. The average Bonchev–Trinajstić information content (AvgIpc) is 3.49. The van der Waals surface area contributed by atoms with Crippen LogP contribution >= 0.6 is 0 Å². The van der Waals surface area contributed by atoms with E-state index in [0.29, 0.717) is 26.1 Å². The van der Waals surface area contributed by atoms with Crippen LogP contribution in [0.25, 0.3) is 0 Å². The molecule has 3 aromatic carbocycles. The molecule has 7 nitrogen and oxygen atoms in total. The predicted molar refractivity (Wildman–Crippen MR) is 143 cm³/mol. The Morgan fingerprint density at radius 3 is 2.05 bits per heavy atom. The van der Waals surface area contributed by atoms with E-state index in [1.54, 1.807) is 36.2 Å². The van der Waals surface area contributed by atoms with Crippen LogP contribution in [0.3, 0.4) is 0 Å². The van der Waals surface area contributed by atoms with Crippen LogP contribution in [0.15, 0.2) is 89.8 Å². The van der Waals surface area contributed by atoms with Crippen molar-refractivity contribution in [2.45, 2.75) is 43.2 Å². The number of nitrogens with zero attached hydrogens (tertiary/aromatic N) is 2. The predicted octanol–water partition coefficient (Wildman–Crippen LogP) is 3.92. The number of benzene rings is 3. The van der Waals surface area contributed by atoms with Gasteiger partial charge in [-0.05, 0) is 48.1 Å². The highest BCUT2D eigenvalue weighted by molar-refractivity contribution is 7.89. The van der Waals surface area contributed by atoms with Gasteiger partial charge in [-0.1, -0.05) is 72.8 Å². The molecule has 1 aliphatic rings. The molecule has 4 rings (SSSR count). The summed E-state index contributed by atoms with van der Waals surface area (Å²) in [7, 11) is -1.90. The van der Waals surface area contributed by atoms with Gasteiger partial charge >= 0.3 is 0 Å². The van der Waals surface area contributed by atoms with Gasteiger partial charge in [0.05, 0.1) is 4.90 Å². The van der Waals surface area contributed by atoms with E-state index < -0.39 is 16.1 Å². The topological polar surface area (TPSA) is 86.8 Å². The van der Waals surface area contributed by atoms with Gasteiger partial charge in [-0.25, -0.2) is 8.42 Å². The molecule has 194 valence electrons. The zero-order valence-corrected chi connectivity index (χ0v) is 21.9. The Bertz CT molecular complexity index is 1290. The van der Waals surface area contributed by atoms with Crippen LogP contribution in [-0.2, 0) is 32.6 Å². The van der Waals surface area contributed by atoms with Crippen molar-refractivity contribution in [2.75, 3.05) is 20.1 Å². The molecule has 0 aliphatic carbocycles. The zero-order valence-electron chi connectivity index (χ0n) is 21.0. The van der Waals surface area contributed by atoms with Crippen LogP contribution in [0.4, 0.5) is 0 Å². The standard InChI is InChI=1S/C29H33N3O4S/c1-30-29(34)28(25-12-6-3-7-13-25)32(22-24-10-4-2-5-11-24)27(33)19-16-23-14-17-26(18-15-23)37(35,36)31-20-8-9-21-31/h2-7,10-15,17-18,28H,8-9,16,19-22H2,1H3,(H,30,34). The lowest BCUT2D eigenvalue weighted by Gasteiger charge is -2.31. The third-order valence-corrected chi connectivity index (χ3v) is 8.60. The van der Waals surface area contributed by atoms with Crippen LogP contribution in [-0.4, -0.2) is 49.6 Å². The minimum absolute atomic E-state index is 0.157. The summed E-state index contributed by atoms with van der Waals surface area (Å²) < 4.78 is 27.1. The van der Waals surface area contributed by atoms with Crippen molar-refractivity contribution in [2.24, 2.45) is 0 Å². The fraction of sp³-hybridized carbons (Fsp3) is 0.310. The summed E-state index contributed by atoms with van der Waals surface area (Å²) in [6.07, 6.45) is 2.40. The van der Waals surface area contributed by atoms with Crippen LogP contribution in [0.2, 0.25) is 0 Å². The smallest absolute Gasteiger partial charge is 0.247 e. The Kier molecular flexibility index (Phi) is 8.74. The fourth-order valence-corrected chi connectivity index (χ4v) is 6.17. The van der Waals surface area contributed by atoms with Gasteiger partial charge in [0.2, 0.25) is 21.8 Å². The number of hydrogen-bond donors (Lipinski definition) is 1. The van der Waals surface area contributed by atoms with Crippen molar-refractivity contribution < 1.29 is 18.0 Å². The van der Waals surface area contributed by atoms with Crippen LogP contribution in [0.1, 0.15) is 42.0 Å². The first-order valence-corrected chi connectivity index (χ1v) is 14.0. The molecule has 1 atom stereocenters. The average molecular weight is 520 g/mol. The second-order valence-electron chi connectivity index (χ2n) is 9.19. The van der Waals surface area contributed by atoms with Crippen molar-refractivity contribution in [3.63, 3.8) is 0 Å². The van der Waals surface area contributed by atoms with E-state index in [-0.39, 0.29) is 23.1 Å². The minimum Gasteiger partial charge on any atom is -0.357 e. The van der Waals surface area contributed by atoms with Crippen LogP contribution in [0, 0.1) is 0 Å². The lowest BCUT2D eigenvalue weighted by atomic mass is 10.0. The van der Waals surface area contributed by atoms with E-state index in [4.69, 9.17) is 0 Å². The number of amides is 2. The second kappa shape index (κ2) is 12.2. The highest BCUT2D eigenvalue weighted by Gasteiger charge is 2.31. The van der Waals surface area contributed by atoms with E-state index in [1.807, 2.05) is 60.7 Å². The van der Waals surface area contributed by atoms with Gasteiger partial charge in [-0.3, -0.25) is 9.59 Å². The number of hydrogen-bond acceptors (Lipinski definition) is 4. The third-order valence-electron chi connectivity index (χ3n) is 6.69. The summed E-state index contributed by atoms with van der Waals surface area (Å²) in [5.74, 6) is -0.415. The molecule has 1 unspecified atom stereocenters. The SMILES string of the molecule is CNC(=O)C(c1ccccc1)N(Cc1ccccc1)C(=O)CCc1ccc(S(=O)(=O)N2CCCC2)cc1. The van der Waals surface area contributed by atoms with Gasteiger partial charge < -0.3 is 10.2 Å². The zero-order chi connectivity index (χ0) is 26.3. The van der Waals surface area contributed by atoms with E-state index in [9.17, 15) is 18.0 Å². The summed E-state index contributed by atoms with van der Waals surface area (Å²) in [5.41, 5.74) is 2.53. The summed E-state index contributed by atoms with van der Waals surface area (Å²) in [6.45, 7) is 1.41. The highest BCUT2D eigenvalue weighted by Crippen LogP contribution is 2.26. The summed E-state index contributed by atoms with van der Waals surface area (Å²) >= 11 is 0. The van der Waals surface area contributed by atoms with Crippen LogP contribution in [0.5, 0.6) is 0 Å². The first-order chi connectivity index (χ1) is 17.9. The maximum atomic E-state index is 13.6. The first-order valence-electron chi connectivity index (χ1n) is 12.6. The molecule has 0 bridgehead atoms. The molecular formula is C29H33N3O4S. The van der Waals surface area contributed by atoms with Crippen molar-refractivity contribution in [1.29, 1.82) is 0 Å². The molecule has 1 fully saturated rings. The maximum absolute atomic E-state index is 13.6. The van der Waals surface area contributed by atoms with E-state index in [2.05, 4.69) is 5.32 Å². The van der Waals surface area contributed by atoms with E-state index in [0.717, 1.165) is 29.5 Å². The number of sulfonamides is 1. The van der Waals surface area contributed by atoms with Gasteiger partial charge in [-0.15, -0.1) is 0 Å². The van der Waals surface area contributed by atoms with Crippen LogP contribution < -0.4 is 5.32 Å². The maximum Gasteiger partial charge on any atom is 0.247 e. The van der Waals surface area contributed by atoms with Gasteiger partial charge in [0, 0.05) is 33.1 Å². The number of carbonyl (C=O) groups is 2. The molecule has 1 heterocycles. The normalized spacial score (nSPS) is 14.7. The number of rotatable bonds is 10. The Hall–Kier alpha value is -3.49. The molecule has 0 aromatic heterocycles. The van der Waals surface area contributed by atoms with Crippen molar-refractivity contribution in [3.8, 4) is 0 Å². The van der Waals surface area contributed by atoms with E-state index >= 15 is 0 Å². The number of carbonyl (C=O) groups excluding carboxylic acids is 2. The van der Waals surface area contributed by atoms with Gasteiger partial charge in [0.1, 0.15) is 6.04 Å². The molecule has 1 N–H and O–H groups in total. The van der Waals surface area contributed by atoms with Gasteiger partial charge in [0.15, 0.2) is 0 Å². The summed E-state index contributed by atoms with van der Waals surface area (Å²) in [6, 6.07) is 24.9. The van der Waals surface area contributed by atoms with Crippen molar-refractivity contribution >= 4 is 21.8 Å². The minimum atomic E-state index is -3.48. The Labute approximate surface area is 219 Å². The molecule has 3 aromatic rings. The number of aryl methyl sites for hydroxylation is 1. The molecule has 0 radical (unpaired) electrons. The molecule has 0 spiro atoms. The van der Waals surface area contributed by atoms with Gasteiger partial charge in [-0.2, -0.15) is 4.31 Å². The van der Waals surface area contributed by atoms with Crippen molar-refractivity contribution in [1.82, 2.24) is 14.5 Å². The van der Waals surface area contributed by atoms with Crippen molar-refractivity contribution in [3.05, 3.63) is 102 Å². The Morgan fingerprint density at radius 2 is 1.46 bits per heavy atom. The lowest BCUT2D eigenvalue weighted by Crippen LogP contribution is -2.42. The molecule has 1 saturated heterocycles. The fourth-order valence-electron chi connectivity index (χ4n) is 4.65. The monoisotopic (exact) mass is 519 g/mol. The number of likely N-dealkylation sites (N-methyl/N-ethyl adjacent to an activating group) is 1. The molecule has 0 saturated carbocycles. The van der Waals surface area contributed by atoms with Gasteiger partial charge in [0.25, 0.3) is 0 Å². The molecule has 2 amide bonds. The Balaban J connectivity index is 1.53. The summed E-state index contributed by atoms with van der Waals surface area (Å²) in [4.78, 5) is 28.5. The first kappa shape index (κ1) is 26.6. The highest BCUT2D eigenvalue weighted by atomic mass is 32.2. The Morgan fingerprint density at radius 1 is 0.865 bits per heavy atom. The number of nitrogens with one attached hydrogen (secondary N) is 1. The largest absolute Gasteiger partial charge is 0.357 e.